The average Bonchev–Trinajstić information content (AvgIpc) is 2.67. The molecule has 1 aliphatic rings. The number of Topliss-reactive ketones (excluding diaryl/α,β-unsaturated/α-hetero) is 1. The molecule has 1 aliphatic heterocycles. The monoisotopic (exact) mass is 283 g/mol. The van der Waals surface area contributed by atoms with Crippen molar-refractivity contribution in [2.75, 3.05) is 12.3 Å². The Morgan fingerprint density at radius 2 is 2.31 bits per heavy atom. The van der Waals surface area contributed by atoms with Crippen LogP contribution in [0.3, 0.4) is 0 Å². The van der Waals surface area contributed by atoms with Crippen LogP contribution in [0.1, 0.15) is 23.7 Å². The summed E-state index contributed by atoms with van der Waals surface area (Å²) in [6.07, 6.45) is 0.825. The van der Waals surface area contributed by atoms with Gasteiger partial charge in [0.25, 0.3) is 0 Å². The van der Waals surface area contributed by atoms with Crippen molar-refractivity contribution in [1.82, 2.24) is 0 Å². The van der Waals surface area contributed by atoms with E-state index in [-0.39, 0.29) is 17.8 Å². The number of hydrogen-bond acceptors (Lipinski definition) is 3. The molecule has 2 atom stereocenters. The lowest BCUT2D eigenvalue weighted by Gasteiger charge is -2.13. The van der Waals surface area contributed by atoms with Gasteiger partial charge in [-0.3, -0.25) is 4.79 Å². The standard InChI is InChI=1S/C12H14BrNO2/c1-7-9(4-5-16-7)12(15)8-2-3-11(14)10(13)6-8/h2-3,6-7,9H,4-5,14H2,1H3. The lowest BCUT2D eigenvalue weighted by Crippen LogP contribution is -2.21. The van der Waals surface area contributed by atoms with Gasteiger partial charge in [-0.15, -0.1) is 0 Å². The van der Waals surface area contributed by atoms with Crippen LogP contribution in [0.15, 0.2) is 22.7 Å². The number of rotatable bonds is 2. The van der Waals surface area contributed by atoms with Crippen LogP contribution in [0.5, 0.6) is 0 Å². The molecule has 1 aromatic rings. The highest BCUT2D eigenvalue weighted by atomic mass is 79.9. The molecular formula is C12H14BrNO2. The van der Waals surface area contributed by atoms with Crippen molar-refractivity contribution in [1.29, 1.82) is 0 Å². The van der Waals surface area contributed by atoms with E-state index in [1.165, 1.54) is 0 Å². The van der Waals surface area contributed by atoms with Gasteiger partial charge in [-0.1, -0.05) is 0 Å². The highest BCUT2D eigenvalue weighted by Gasteiger charge is 2.31. The normalized spacial score (nSPS) is 24.6. The van der Waals surface area contributed by atoms with Gasteiger partial charge in [-0.2, -0.15) is 0 Å². The van der Waals surface area contributed by atoms with E-state index in [0.717, 1.165) is 10.9 Å². The molecule has 2 N–H and O–H groups in total. The highest BCUT2D eigenvalue weighted by molar-refractivity contribution is 9.10. The quantitative estimate of drug-likeness (QED) is 0.671. The Bertz CT molecular complexity index is 419. The number of benzene rings is 1. The zero-order chi connectivity index (χ0) is 11.7. The summed E-state index contributed by atoms with van der Waals surface area (Å²) >= 11 is 3.33. The summed E-state index contributed by atoms with van der Waals surface area (Å²) in [5, 5.41) is 0. The van der Waals surface area contributed by atoms with Crippen molar-refractivity contribution >= 4 is 27.4 Å². The number of nitrogen functional groups attached to an aromatic ring is 1. The molecule has 0 aliphatic carbocycles. The summed E-state index contributed by atoms with van der Waals surface area (Å²) in [4.78, 5) is 12.2. The van der Waals surface area contributed by atoms with Crippen molar-refractivity contribution in [3.05, 3.63) is 28.2 Å². The minimum atomic E-state index is -0.0180. The van der Waals surface area contributed by atoms with Gasteiger partial charge >= 0.3 is 0 Å². The van der Waals surface area contributed by atoms with Gasteiger partial charge in [0.05, 0.1) is 12.0 Å². The first-order chi connectivity index (χ1) is 7.59. The minimum Gasteiger partial charge on any atom is -0.398 e. The van der Waals surface area contributed by atoms with Crippen LogP contribution in [0.4, 0.5) is 5.69 Å². The molecule has 2 rings (SSSR count). The molecule has 1 heterocycles. The second-order valence-electron chi connectivity index (χ2n) is 4.07. The molecule has 1 aromatic carbocycles. The summed E-state index contributed by atoms with van der Waals surface area (Å²) in [6, 6.07) is 5.30. The molecule has 1 saturated heterocycles. The van der Waals surface area contributed by atoms with Crippen LogP contribution in [0.25, 0.3) is 0 Å². The van der Waals surface area contributed by atoms with E-state index in [2.05, 4.69) is 15.9 Å². The second-order valence-corrected chi connectivity index (χ2v) is 4.93. The van der Waals surface area contributed by atoms with Crippen molar-refractivity contribution in [3.8, 4) is 0 Å². The maximum atomic E-state index is 12.2. The average molecular weight is 284 g/mol. The van der Waals surface area contributed by atoms with Crippen LogP contribution in [0, 0.1) is 5.92 Å². The predicted octanol–water partition coefficient (Wildman–Crippen LogP) is 2.64. The number of ketones is 1. The predicted molar refractivity (Wildman–Crippen MR) is 66.4 cm³/mol. The zero-order valence-electron chi connectivity index (χ0n) is 9.07. The zero-order valence-corrected chi connectivity index (χ0v) is 10.7. The van der Waals surface area contributed by atoms with Gasteiger partial charge in [0, 0.05) is 22.3 Å². The van der Waals surface area contributed by atoms with Crippen LogP contribution in [-0.2, 0) is 4.74 Å². The summed E-state index contributed by atoms with van der Waals surface area (Å²) in [7, 11) is 0. The SMILES string of the molecule is CC1OCCC1C(=O)c1ccc(N)c(Br)c1. The molecule has 4 heteroatoms. The summed E-state index contributed by atoms with van der Waals surface area (Å²) in [5.41, 5.74) is 7.03. The van der Waals surface area contributed by atoms with Crippen LogP contribution < -0.4 is 5.73 Å². The molecule has 0 spiro atoms. The van der Waals surface area contributed by atoms with Crippen molar-refractivity contribution in [2.24, 2.45) is 5.92 Å². The molecule has 1 fully saturated rings. The molecule has 0 amide bonds. The molecule has 3 nitrogen and oxygen atoms in total. The Morgan fingerprint density at radius 1 is 1.56 bits per heavy atom. The van der Waals surface area contributed by atoms with E-state index in [0.29, 0.717) is 17.9 Å². The maximum absolute atomic E-state index is 12.2. The fraction of sp³-hybridized carbons (Fsp3) is 0.417. The fourth-order valence-corrected chi connectivity index (χ4v) is 2.35. The smallest absolute Gasteiger partial charge is 0.168 e. The van der Waals surface area contributed by atoms with E-state index in [9.17, 15) is 4.79 Å². The largest absolute Gasteiger partial charge is 0.398 e. The van der Waals surface area contributed by atoms with Gasteiger partial charge in [-0.25, -0.2) is 0 Å². The van der Waals surface area contributed by atoms with Gasteiger partial charge in [0.2, 0.25) is 0 Å². The number of carbonyl (C=O) groups is 1. The lowest BCUT2D eigenvalue weighted by atomic mass is 9.92. The molecule has 0 radical (unpaired) electrons. The number of anilines is 1. The van der Waals surface area contributed by atoms with E-state index in [1.54, 1.807) is 18.2 Å². The second kappa shape index (κ2) is 4.55. The van der Waals surface area contributed by atoms with E-state index >= 15 is 0 Å². The Hall–Kier alpha value is -0.870. The third-order valence-electron chi connectivity index (χ3n) is 3.00. The number of halogens is 1. The van der Waals surface area contributed by atoms with Crippen LogP contribution in [-0.4, -0.2) is 18.5 Å². The topological polar surface area (TPSA) is 52.3 Å². The van der Waals surface area contributed by atoms with Gasteiger partial charge in [0.15, 0.2) is 5.78 Å². The van der Waals surface area contributed by atoms with Crippen molar-refractivity contribution in [2.45, 2.75) is 19.4 Å². The third-order valence-corrected chi connectivity index (χ3v) is 3.68. The molecular weight excluding hydrogens is 270 g/mol. The first kappa shape index (κ1) is 11.6. The number of carbonyl (C=O) groups excluding carboxylic acids is 1. The highest BCUT2D eigenvalue weighted by Crippen LogP contribution is 2.27. The molecule has 16 heavy (non-hydrogen) atoms. The lowest BCUT2D eigenvalue weighted by molar-refractivity contribution is 0.0764. The Morgan fingerprint density at radius 3 is 2.88 bits per heavy atom. The molecule has 0 saturated carbocycles. The van der Waals surface area contributed by atoms with Crippen molar-refractivity contribution in [3.63, 3.8) is 0 Å². The van der Waals surface area contributed by atoms with Crippen LogP contribution in [0.2, 0.25) is 0 Å². The number of nitrogens with two attached hydrogens (primary N) is 1. The Balaban J connectivity index is 2.23. The molecule has 86 valence electrons. The first-order valence-corrected chi connectivity index (χ1v) is 6.09. The molecule has 0 bridgehead atoms. The number of hydrogen-bond donors (Lipinski definition) is 1. The molecule has 0 aromatic heterocycles. The third kappa shape index (κ3) is 2.13. The Kier molecular flexibility index (Phi) is 3.30. The minimum absolute atomic E-state index is 0.0174. The van der Waals surface area contributed by atoms with E-state index < -0.39 is 0 Å². The summed E-state index contributed by atoms with van der Waals surface area (Å²) in [6.45, 7) is 2.62. The Labute approximate surface area is 103 Å². The van der Waals surface area contributed by atoms with Gasteiger partial charge < -0.3 is 10.5 Å². The summed E-state index contributed by atoms with van der Waals surface area (Å²) in [5.74, 6) is 0.126. The van der Waals surface area contributed by atoms with Gasteiger partial charge in [-0.05, 0) is 47.5 Å². The van der Waals surface area contributed by atoms with E-state index in [1.807, 2.05) is 6.92 Å². The summed E-state index contributed by atoms with van der Waals surface area (Å²) < 4.78 is 6.17. The fourth-order valence-electron chi connectivity index (χ4n) is 1.97. The van der Waals surface area contributed by atoms with Gasteiger partial charge in [0.1, 0.15) is 0 Å². The molecule has 2 unspecified atom stereocenters. The first-order valence-electron chi connectivity index (χ1n) is 5.30. The number of ether oxygens (including phenoxy) is 1. The van der Waals surface area contributed by atoms with Crippen molar-refractivity contribution < 1.29 is 9.53 Å². The van der Waals surface area contributed by atoms with E-state index in [4.69, 9.17) is 10.5 Å². The maximum Gasteiger partial charge on any atom is 0.168 e. The van der Waals surface area contributed by atoms with Crippen LogP contribution >= 0.6 is 15.9 Å².